The molecular weight excluding hydrogens is 390 g/mol. The quantitative estimate of drug-likeness (QED) is 0.659. The predicted molar refractivity (Wildman–Crippen MR) is 104 cm³/mol. The molecule has 9 heteroatoms. The van der Waals surface area contributed by atoms with E-state index >= 15 is 0 Å². The number of nitrogens with one attached hydrogen (secondary N) is 1. The summed E-state index contributed by atoms with van der Waals surface area (Å²) >= 11 is 0. The average molecular weight is 416 g/mol. The van der Waals surface area contributed by atoms with Crippen LogP contribution in [0.15, 0.2) is 29.2 Å². The second kappa shape index (κ2) is 8.58. The zero-order valence-electron chi connectivity index (χ0n) is 15.0. The van der Waals surface area contributed by atoms with E-state index in [9.17, 15) is 18.0 Å². The second-order valence-electron chi connectivity index (χ2n) is 7.43. The zero-order chi connectivity index (χ0) is 18.9. The first-order chi connectivity index (χ1) is 12.3. The van der Waals surface area contributed by atoms with Gasteiger partial charge in [-0.1, -0.05) is 6.42 Å². The molecule has 150 valence electrons. The van der Waals surface area contributed by atoms with Crippen LogP contribution in [0.3, 0.4) is 0 Å². The Morgan fingerprint density at radius 3 is 2.15 bits per heavy atom. The van der Waals surface area contributed by atoms with Gasteiger partial charge in [0.15, 0.2) is 9.84 Å². The Bertz CT molecular complexity index is 783. The first-order valence-electron chi connectivity index (χ1n) is 8.94. The molecule has 2 saturated carbocycles. The van der Waals surface area contributed by atoms with Crippen LogP contribution in [-0.2, 0) is 14.6 Å². The van der Waals surface area contributed by atoms with Crippen molar-refractivity contribution in [1.29, 1.82) is 0 Å². The fourth-order valence-electron chi connectivity index (χ4n) is 4.34. The Hall–Kier alpha value is -1.64. The van der Waals surface area contributed by atoms with E-state index in [2.05, 4.69) is 5.32 Å². The van der Waals surface area contributed by atoms with Crippen LogP contribution < -0.4 is 16.8 Å². The van der Waals surface area contributed by atoms with Gasteiger partial charge < -0.3 is 16.8 Å². The van der Waals surface area contributed by atoms with Crippen molar-refractivity contribution in [1.82, 2.24) is 5.32 Å². The lowest BCUT2D eigenvalue weighted by Gasteiger charge is -2.45. The van der Waals surface area contributed by atoms with Crippen LogP contribution in [0.25, 0.3) is 0 Å². The third kappa shape index (κ3) is 5.00. The highest BCUT2D eigenvalue weighted by Crippen LogP contribution is 2.39. The summed E-state index contributed by atoms with van der Waals surface area (Å²) in [6.07, 6.45) is 5.22. The molecule has 7 nitrogen and oxygen atoms in total. The average Bonchev–Trinajstić information content (AvgIpc) is 2.54. The standard InChI is InChI=1S/C18H25N3O4S.ClH/c19-14-8-12-2-1-3-13(9-14)17(12)21-18(23)11-4-6-15(7-5-11)26(24,25)10-16(20)22;/h4-7,12-14,17H,1-3,8-10,19H2,(H2,20,22)(H,21,23);1H. The number of carbonyl (C=O) groups is 2. The van der Waals surface area contributed by atoms with Crippen molar-refractivity contribution in [3.8, 4) is 0 Å². The number of nitrogens with two attached hydrogens (primary N) is 2. The van der Waals surface area contributed by atoms with Crippen LogP contribution >= 0.6 is 12.4 Å². The highest BCUT2D eigenvalue weighted by molar-refractivity contribution is 7.92. The first kappa shape index (κ1) is 21.7. The smallest absolute Gasteiger partial charge is 0.251 e. The minimum Gasteiger partial charge on any atom is -0.369 e. The normalized spacial score (nSPS) is 27.3. The molecule has 2 aliphatic rings. The summed E-state index contributed by atoms with van der Waals surface area (Å²) in [5.41, 5.74) is 11.5. The Balaban J connectivity index is 0.00000261. The molecule has 1 aromatic carbocycles. The van der Waals surface area contributed by atoms with E-state index in [-0.39, 0.29) is 35.3 Å². The molecule has 2 amide bonds. The minimum absolute atomic E-state index is 0. The fraction of sp³-hybridized carbons (Fsp3) is 0.556. The fourth-order valence-corrected chi connectivity index (χ4v) is 5.44. The Morgan fingerprint density at radius 2 is 1.63 bits per heavy atom. The van der Waals surface area contributed by atoms with Crippen molar-refractivity contribution in [2.45, 2.75) is 49.1 Å². The van der Waals surface area contributed by atoms with Crippen LogP contribution in [0, 0.1) is 11.8 Å². The van der Waals surface area contributed by atoms with Gasteiger partial charge in [0.05, 0.1) is 4.90 Å². The van der Waals surface area contributed by atoms with E-state index in [1.807, 2.05) is 0 Å². The number of halogens is 1. The maximum atomic E-state index is 12.6. The molecule has 2 atom stereocenters. The topological polar surface area (TPSA) is 132 Å². The van der Waals surface area contributed by atoms with E-state index in [1.165, 1.54) is 30.7 Å². The van der Waals surface area contributed by atoms with Gasteiger partial charge in [0.25, 0.3) is 5.91 Å². The largest absolute Gasteiger partial charge is 0.369 e. The highest BCUT2D eigenvalue weighted by Gasteiger charge is 2.39. The predicted octanol–water partition coefficient (Wildman–Crippen LogP) is 1.00. The Labute approximate surface area is 165 Å². The molecule has 27 heavy (non-hydrogen) atoms. The second-order valence-corrected chi connectivity index (χ2v) is 9.42. The van der Waals surface area contributed by atoms with E-state index < -0.39 is 21.5 Å². The van der Waals surface area contributed by atoms with Gasteiger partial charge in [-0.15, -0.1) is 12.4 Å². The number of primary amides is 1. The lowest BCUT2D eigenvalue weighted by molar-refractivity contribution is -0.115. The molecule has 2 aliphatic carbocycles. The van der Waals surface area contributed by atoms with Crippen molar-refractivity contribution < 1.29 is 18.0 Å². The monoisotopic (exact) mass is 415 g/mol. The molecule has 2 unspecified atom stereocenters. The number of rotatable bonds is 5. The van der Waals surface area contributed by atoms with Crippen molar-refractivity contribution in [3.63, 3.8) is 0 Å². The molecule has 2 fully saturated rings. The molecule has 0 aliphatic heterocycles. The SMILES string of the molecule is Cl.NC(=O)CS(=O)(=O)c1ccc(C(=O)NC2C3CCCC2CC(N)C3)cc1. The lowest BCUT2D eigenvalue weighted by Crippen LogP contribution is -2.53. The van der Waals surface area contributed by atoms with Gasteiger partial charge in [0.2, 0.25) is 5.91 Å². The van der Waals surface area contributed by atoms with Crippen LogP contribution in [0.1, 0.15) is 42.5 Å². The first-order valence-corrected chi connectivity index (χ1v) is 10.6. The third-order valence-corrected chi connectivity index (χ3v) is 7.14. The van der Waals surface area contributed by atoms with E-state index in [0.29, 0.717) is 17.4 Å². The molecule has 0 aromatic heterocycles. The van der Waals surface area contributed by atoms with Gasteiger partial charge in [0, 0.05) is 17.6 Å². The van der Waals surface area contributed by atoms with Crippen LogP contribution in [0.2, 0.25) is 0 Å². The molecule has 0 spiro atoms. The zero-order valence-corrected chi connectivity index (χ0v) is 16.6. The van der Waals surface area contributed by atoms with Gasteiger partial charge in [-0.2, -0.15) is 0 Å². The number of benzene rings is 1. The molecule has 1 aromatic rings. The molecule has 0 heterocycles. The Kier molecular flexibility index (Phi) is 6.88. The number of carbonyl (C=O) groups excluding carboxylic acids is 2. The van der Waals surface area contributed by atoms with Crippen molar-refractivity contribution in [2.75, 3.05) is 5.75 Å². The van der Waals surface area contributed by atoms with E-state index in [1.54, 1.807) is 0 Å². The maximum absolute atomic E-state index is 12.6. The lowest BCUT2D eigenvalue weighted by atomic mass is 9.67. The van der Waals surface area contributed by atoms with Crippen molar-refractivity contribution in [2.24, 2.45) is 23.3 Å². The van der Waals surface area contributed by atoms with Crippen LogP contribution in [-0.4, -0.2) is 38.1 Å². The van der Waals surface area contributed by atoms with Gasteiger partial charge in [-0.25, -0.2) is 8.42 Å². The van der Waals surface area contributed by atoms with E-state index in [0.717, 1.165) is 25.7 Å². The summed E-state index contributed by atoms with van der Waals surface area (Å²) in [7, 11) is -3.77. The minimum atomic E-state index is -3.77. The molecule has 3 rings (SSSR count). The van der Waals surface area contributed by atoms with Crippen LogP contribution in [0.5, 0.6) is 0 Å². The third-order valence-electron chi connectivity index (χ3n) is 5.48. The van der Waals surface area contributed by atoms with Crippen LogP contribution in [0.4, 0.5) is 0 Å². The Morgan fingerprint density at radius 1 is 1.07 bits per heavy atom. The summed E-state index contributed by atoms with van der Waals surface area (Å²) in [4.78, 5) is 23.5. The molecule has 0 radical (unpaired) electrons. The van der Waals surface area contributed by atoms with E-state index in [4.69, 9.17) is 11.5 Å². The summed E-state index contributed by atoms with van der Waals surface area (Å²) < 4.78 is 24.0. The summed E-state index contributed by atoms with van der Waals surface area (Å²) in [5, 5.41) is 3.13. The molecule has 0 saturated heterocycles. The molecule has 2 bridgehead atoms. The summed E-state index contributed by atoms with van der Waals surface area (Å²) in [6.45, 7) is 0. The number of hydrogen-bond acceptors (Lipinski definition) is 5. The van der Waals surface area contributed by atoms with Gasteiger partial charge >= 0.3 is 0 Å². The van der Waals surface area contributed by atoms with Gasteiger partial charge in [0.1, 0.15) is 5.75 Å². The maximum Gasteiger partial charge on any atom is 0.251 e. The number of hydrogen-bond donors (Lipinski definition) is 3. The molecular formula is C18H26ClN3O4S. The van der Waals surface area contributed by atoms with Gasteiger partial charge in [-0.05, 0) is 61.8 Å². The number of amides is 2. The number of fused-ring (bicyclic) bond motifs is 2. The highest BCUT2D eigenvalue weighted by atomic mass is 35.5. The number of sulfone groups is 1. The van der Waals surface area contributed by atoms with Crippen molar-refractivity contribution in [3.05, 3.63) is 29.8 Å². The van der Waals surface area contributed by atoms with Crippen molar-refractivity contribution >= 4 is 34.1 Å². The van der Waals surface area contributed by atoms with Gasteiger partial charge in [-0.3, -0.25) is 9.59 Å². The summed E-state index contributed by atoms with van der Waals surface area (Å²) in [5.74, 6) is -1.03. The molecule has 5 N–H and O–H groups in total. The summed E-state index contributed by atoms with van der Waals surface area (Å²) in [6, 6.07) is 5.96.